The Morgan fingerprint density at radius 1 is 1.29 bits per heavy atom. The van der Waals surface area contributed by atoms with E-state index in [0.717, 1.165) is 10.7 Å². The van der Waals surface area contributed by atoms with E-state index in [0.29, 0.717) is 29.4 Å². The molecule has 0 amide bonds. The van der Waals surface area contributed by atoms with Crippen LogP contribution in [0.15, 0.2) is 11.7 Å². The fourth-order valence-corrected chi connectivity index (χ4v) is 2.14. The van der Waals surface area contributed by atoms with Gasteiger partial charge < -0.3 is 16.5 Å². The Hall–Kier alpha value is -2.06. The van der Waals surface area contributed by atoms with Gasteiger partial charge in [0.1, 0.15) is 22.5 Å². The number of rotatable bonds is 2. The topological polar surface area (TPSA) is 119 Å². The van der Waals surface area contributed by atoms with Crippen molar-refractivity contribution in [3.05, 3.63) is 16.7 Å². The Morgan fingerprint density at radius 2 is 2.18 bits per heavy atom. The van der Waals surface area contributed by atoms with E-state index in [1.54, 1.807) is 0 Å². The number of fused-ring (bicyclic) bond motifs is 1. The maximum absolute atomic E-state index is 5.72. The molecule has 3 heterocycles. The minimum absolute atomic E-state index is 0.378. The summed E-state index contributed by atoms with van der Waals surface area (Å²) in [5.41, 5.74) is 13.1. The van der Waals surface area contributed by atoms with Gasteiger partial charge in [-0.2, -0.15) is 0 Å². The van der Waals surface area contributed by atoms with E-state index >= 15 is 0 Å². The molecule has 0 aromatic carbocycles. The van der Waals surface area contributed by atoms with E-state index in [-0.39, 0.29) is 0 Å². The fraction of sp³-hybridized carbons (Fsp3) is 0.111. The molecule has 8 heteroatoms. The Balaban J connectivity index is 2.14. The number of nitrogens with zero attached hydrogens (tertiary/aromatic N) is 4. The number of hydrogen-bond donors (Lipinski definition) is 3. The number of nitrogen functional groups attached to an aromatic ring is 1. The van der Waals surface area contributed by atoms with Crippen LogP contribution < -0.4 is 11.5 Å². The van der Waals surface area contributed by atoms with Crippen LogP contribution in [0.5, 0.6) is 0 Å². The van der Waals surface area contributed by atoms with E-state index in [2.05, 4.69) is 24.9 Å². The molecule has 7 nitrogen and oxygen atoms in total. The van der Waals surface area contributed by atoms with Gasteiger partial charge in [-0.1, -0.05) is 0 Å². The highest BCUT2D eigenvalue weighted by Gasteiger charge is 2.11. The van der Waals surface area contributed by atoms with Gasteiger partial charge in [0.05, 0.1) is 0 Å². The third-order valence-corrected chi connectivity index (χ3v) is 3.16. The number of aromatic nitrogens is 5. The molecule has 0 unspecified atom stereocenters. The van der Waals surface area contributed by atoms with E-state index in [1.807, 2.05) is 5.38 Å². The first-order chi connectivity index (χ1) is 8.28. The van der Waals surface area contributed by atoms with Crippen LogP contribution >= 0.6 is 11.3 Å². The van der Waals surface area contributed by atoms with Gasteiger partial charge in [-0.05, 0) is 0 Å². The predicted molar refractivity (Wildman–Crippen MR) is 65.1 cm³/mol. The van der Waals surface area contributed by atoms with Gasteiger partial charge in [-0.15, -0.1) is 11.3 Å². The van der Waals surface area contributed by atoms with Crippen LogP contribution in [0.25, 0.3) is 22.7 Å². The SMILES string of the molecule is NCc1nc(-c2nc3ncnc(N)c3[nH]2)cs1. The average Bonchev–Trinajstić information content (AvgIpc) is 2.95. The van der Waals surface area contributed by atoms with Crippen molar-refractivity contribution < 1.29 is 0 Å². The van der Waals surface area contributed by atoms with E-state index in [1.165, 1.54) is 17.7 Å². The monoisotopic (exact) mass is 247 g/mol. The average molecular weight is 247 g/mol. The van der Waals surface area contributed by atoms with Crippen molar-refractivity contribution in [1.82, 2.24) is 24.9 Å². The third kappa shape index (κ3) is 1.63. The smallest absolute Gasteiger partial charge is 0.183 e. The molecule has 0 radical (unpaired) electrons. The maximum Gasteiger partial charge on any atom is 0.183 e. The third-order valence-electron chi connectivity index (χ3n) is 2.29. The van der Waals surface area contributed by atoms with Crippen molar-refractivity contribution in [2.24, 2.45) is 5.73 Å². The number of imidazole rings is 1. The van der Waals surface area contributed by atoms with Crippen molar-refractivity contribution in [3.8, 4) is 11.5 Å². The number of anilines is 1. The summed E-state index contributed by atoms with van der Waals surface area (Å²) in [7, 11) is 0. The van der Waals surface area contributed by atoms with Gasteiger partial charge in [0.2, 0.25) is 0 Å². The summed E-state index contributed by atoms with van der Waals surface area (Å²) in [5.74, 6) is 1.01. The lowest BCUT2D eigenvalue weighted by molar-refractivity contribution is 1.04. The van der Waals surface area contributed by atoms with Crippen LogP contribution in [0.2, 0.25) is 0 Å². The molecule has 0 saturated carbocycles. The molecule has 0 atom stereocenters. The highest BCUT2D eigenvalue weighted by molar-refractivity contribution is 7.09. The molecular formula is C9H9N7S. The van der Waals surface area contributed by atoms with Crippen LogP contribution in [-0.2, 0) is 6.54 Å². The van der Waals surface area contributed by atoms with Gasteiger partial charge in [0.25, 0.3) is 0 Å². The Bertz CT molecular complexity index is 671. The van der Waals surface area contributed by atoms with Crippen molar-refractivity contribution in [1.29, 1.82) is 0 Å². The first-order valence-corrected chi connectivity index (χ1v) is 5.77. The van der Waals surface area contributed by atoms with Crippen LogP contribution in [0.4, 0.5) is 5.82 Å². The summed E-state index contributed by atoms with van der Waals surface area (Å²) in [5, 5.41) is 2.75. The number of hydrogen-bond acceptors (Lipinski definition) is 7. The van der Waals surface area contributed by atoms with Crippen molar-refractivity contribution in [2.75, 3.05) is 5.73 Å². The second-order valence-corrected chi connectivity index (χ2v) is 4.32. The molecule has 86 valence electrons. The lowest BCUT2D eigenvalue weighted by Crippen LogP contribution is -1.94. The molecule has 5 N–H and O–H groups in total. The summed E-state index contributed by atoms with van der Waals surface area (Å²) >= 11 is 1.50. The Labute approximate surface area is 99.9 Å². The lowest BCUT2D eigenvalue weighted by Gasteiger charge is -1.90. The van der Waals surface area contributed by atoms with Gasteiger partial charge >= 0.3 is 0 Å². The quantitative estimate of drug-likeness (QED) is 0.607. The van der Waals surface area contributed by atoms with Crippen LogP contribution in [0.1, 0.15) is 5.01 Å². The highest BCUT2D eigenvalue weighted by atomic mass is 32.1. The highest BCUT2D eigenvalue weighted by Crippen LogP contribution is 2.22. The van der Waals surface area contributed by atoms with E-state index in [9.17, 15) is 0 Å². The molecule has 0 aliphatic heterocycles. The lowest BCUT2D eigenvalue weighted by atomic mass is 10.5. The molecule has 17 heavy (non-hydrogen) atoms. The van der Waals surface area contributed by atoms with Crippen molar-refractivity contribution in [3.63, 3.8) is 0 Å². The van der Waals surface area contributed by atoms with E-state index in [4.69, 9.17) is 11.5 Å². The molecule has 0 bridgehead atoms. The second-order valence-electron chi connectivity index (χ2n) is 3.37. The summed E-state index contributed by atoms with van der Waals surface area (Å²) < 4.78 is 0. The number of nitrogens with one attached hydrogen (secondary N) is 1. The van der Waals surface area contributed by atoms with Crippen LogP contribution in [0, 0.1) is 0 Å². The van der Waals surface area contributed by atoms with Gasteiger partial charge in [-0.25, -0.2) is 19.9 Å². The normalized spacial score (nSPS) is 11.1. The maximum atomic E-state index is 5.72. The summed E-state index contributed by atoms with van der Waals surface area (Å²) in [6, 6.07) is 0. The number of nitrogens with two attached hydrogens (primary N) is 2. The number of H-pyrrole nitrogens is 1. The van der Waals surface area contributed by atoms with Crippen molar-refractivity contribution >= 4 is 28.3 Å². The Morgan fingerprint density at radius 3 is 2.88 bits per heavy atom. The standard InChI is InChI=1S/C9H9N7S/c10-1-5-14-4(2-17-5)8-15-6-7(11)12-3-13-9(6)16-8/h2-3H,1,10H2,(H3,11,12,13,15,16). The minimum atomic E-state index is 0.378. The van der Waals surface area contributed by atoms with Crippen LogP contribution in [0.3, 0.4) is 0 Å². The van der Waals surface area contributed by atoms with Crippen LogP contribution in [-0.4, -0.2) is 24.9 Å². The van der Waals surface area contributed by atoms with Gasteiger partial charge in [-0.3, -0.25) is 0 Å². The summed E-state index contributed by atoms with van der Waals surface area (Å²) in [6.07, 6.45) is 1.38. The number of thiazole rings is 1. The molecule has 0 spiro atoms. The van der Waals surface area contributed by atoms with Gasteiger partial charge in [0, 0.05) is 11.9 Å². The molecule has 0 aliphatic rings. The molecule has 3 aromatic rings. The molecule has 0 saturated heterocycles. The zero-order chi connectivity index (χ0) is 11.8. The summed E-state index contributed by atoms with van der Waals surface area (Å²) in [6.45, 7) is 0.423. The molecular weight excluding hydrogens is 238 g/mol. The molecule has 3 rings (SSSR count). The molecule has 0 fully saturated rings. The minimum Gasteiger partial charge on any atom is -0.382 e. The summed E-state index contributed by atoms with van der Waals surface area (Å²) in [4.78, 5) is 19.6. The zero-order valence-electron chi connectivity index (χ0n) is 8.71. The Kier molecular flexibility index (Phi) is 2.23. The molecule has 0 aliphatic carbocycles. The predicted octanol–water partition coefficient (Wildman–Crippen LogP) is 0.517. The van der Waals surface area contributed by atoms with Gasteiger partial charge in [0.15, 0.2) is 17.3 Å². The first kappa shape index (κ1) is 10.1. The van der Waals surface area contributed by atoms with Crippen molar-refractivity contribution in [2.45, 2.75) is 6.54 Å². The largest absolute Gasteiger partial charge is 0.382 e. The number of aromatic amines is 1. The van der Waals surface area contributed by atoms with E-state index < -0.39 is 0 Å². The fourth-order valence-electron chi connectivity index (χ4n) is 1.48. The first-order valence-electron chi connectivity index (χ1n) is 4.89. The zero-order valence-corrected chi connectivity index (χ0v) is 9.53. The molecule has 3 aromatic heterocycles. The second kappa shape index (κ2) is 3.75.